The second-order valence-corrected chi connectivity index (χ2v) is 5.36. The fourth-order valence-corrected chi connectivity index (χ4v) is 2.41. The molecule has 0 aliphatic carbocycles. The van der Waals surface area contributed by atoms with Crippen molar-refractivity contribution < 1.29 is 9.53 Å². The molecule has 1 N–H and O–H groups in total. The minimum Gasteiger partial charge on any atom is -0.495 e. The number of nitrogens with zero attached hydrogens (tertiary/aromatic N) is 1. The normalized spacial score (nSPS) is 9.81. The van der Waals surface area contributed by atoms with Crippen LogP contribution in [0.3, 0.4) is 0 Å². The fraction of sp³-hybridized carbons (Fsp3) is 0.125. The summed E-state index contributed by atoms with van der Waals surface area (Å²) in [5.41, 5.74) is 2.47. The molecular formula is C16H13BrN2O2. The van der Waals surface area contributed by atoms with E-state index in [0.29, 0.717) is 22.6 Å². The molecule has 2 rings (SSSR count). The lowest BCUT2D eigenvalue weighted by Gasteiger charge is -2.11. The number of amides is 1. The number of carbonyl (C=O) groups is 1. The number of hydrogen-bond donors (Lipinski definition) is 1. The van der Waals surface area contributed by atoms with E-state index >= 15 is 0 Å². The molecule has 0 aliphatic rings. The van der Waals surface area contributed by atoms with Crippen LogP contribution in [0.4, 0.5) is 5.69 Å². The van der Waals surface area contributed by atoms with Crippen molar-refractivity contribution in [3.63, 3.8) is 0 Å². The summed E-state index contributed by atoms with van der Waals surface area (Å²) < 4.78 is 6.12. The first-order chi connectivity index (χ1) is 10.0. The monoisotopic (exact) mass is 344 g/mol. The second kappa shape index (κ2) is 6.42. The summed E-state index contributed by atoms with van der Waals surface area (Å²) in [4.78, 5) is 12.3. The van der Waals surface area contributed by atoms with Gasteiger partial charge in [0.05, 0.1) is 24.4 Å². The van der Waals surface area contributed by atoms with Gasteiger partial charge in [0.1, 0.15) is 5.75 Å². The zero-order valence-electron chi connectivity index (χ0n) is 11.6. The van der Waals surface area contributed by atoms with E-state index in [0.717, 1.165) is 10.0 Å². The first kappa shape index (κ1) is 15.1. The number of aryl methyl sites for hydroxylation is 1. The summed E-state index contributed by atoms with van der Waals surface area (Å²) in [6, 6.07) is 12.4. The summed E-state index contributed by atoms with van der Waals surface area (Å²) in [5.74, 6) is 0.236. The Bertz CT molecular complexity index is 736. The number of halogens is 1. The van der Waals surface area contributed by atoms with Gasteiger partial charge in [-0.05, 0) is 42.8 Å². The van der Waals surface area contributed by atoms with E-state index in [2.05, 4.69) is 21.2 Å². The van der Waals surface area contributed by atoms with Crippen LogP contribution in [0.5, 0.6) is 5.75 Å². The molecule has 0 saturated carbocycles. The van der Waals surface area contributed by atoms with Crippen LogP contribution in [0.2, 0.25) is 0 Å². The Labute approximate surface area is 131 Å². The number of benzene rings is 2. The Morgan fingerprint density at radius 2 is 2.05 bits per heavy atom. The maximum absolute atomic E-state index is 12.3. The van der Waals surface area contributed by atoms with Crippen LogP contribution < -0.4 is 10.1 Å². The molecule has 4 nitrogen and oxygen atoms in total. The molecule has 21 heavy (non-hydrogen) atoms. The number of hydrogen-bond acceptors (Lipinski definition) is 3. The lowest BCUT2D eigenvalue weighted by molar-refractivity contribution is 0.102. The van der Waals surface area contributed by atoms with Crippen molar-refractivity contribution in [2.24, 2.45) is 0 Å². The van der Waals surface area contributed by atoms with E-state index in [1.54, 1.807) is 24.3 Å². The van der Waals surface area contributed by atoms with Crippen LogP contribution in [0.15, 0.2) is 40.9 Å². The molecule has 0 bridgehead atoms. The van der Waals surface area contributed by atoms with Crippen LogP contribution in [0.1, 0.15) is 21.5 Å². The number of nitrogens with one attached hydrogen (secondary N) is 1. The van der Waals surface area contributed by atoms with Crippen molar-refractivity contribution in [3.8, 4) is 11.8 Å². The van der Waals surface area contributed by atoms with Gasteiger partial charge in [-0.15, -0.1) is 0 Å². The van der Waals surface area contributed by atoms with E-state index in [-0.39, 0.29) is 5.91 Å². The molecule has 1 amide bonds. The van der Waals surface area contributed by atoms with Crippen LogP contribution in [-0.4, -0.2) is 13.0 Å². The fourth-order valence-electron chi connectivity index (χ4n) is 1.94. The van der Waals surface area contributed by atoms with Crippen molar-refractivity contribution in [2.75, 3.05) is 12.4 Å². The topological polar surface area (TPSA) is 62.1 Å². The highest BCUT2D eigenvalue weighted by Crippen LogP contribution is 2.26. The van der Waals surface area contributed by atoms with E-state index in [1.165, 1.54) is 7.11 Å². The van der Waals surface area contributed by atoms with E-state index in [1.807, 2.05) is 25.1 Å². The van der Waals surface area contributed by atoms with E-state index in [4.69, 9.17) is 10.00 Å². The van der Waals surface area contributed by atoms with Gasteiger partial charge in [0.15, 0.2) is 0 Å². The quantitative estimate of drug-likeness (QED) is 0.918. The van der Waals surface area contributed by atoms with Crippen LogP contribution >= 0.6 is 15.9 Å². The molecule has 0 aliphatic heterocycles. The van der Waals surface area contributed by atoms with Gasteiger partial charge >= 0.3 is 0 Å². The van der Waals surface area contributed by atoms with Gasteiger partial charge in [0.25, 0.3) is 5.91 Å². The molecule has 0 unspecified atom stereocenters. The lowest BCUT2D eigenvalue weighted by Crippen LogP contribution is -2.14. The number of ether oxygens (including phenoxy) is 1. The minimum absolute atomic E-state index is 0.219. The Balaban J connectivity index is 2.29. The van der Waals surface area contributed by atoms with Gasteiger partial charge in [0, 0.05) is 16.1 Å². The van der Waals surface area contributed by atoms with Gasteiger partial charge in [-0.2, -0.15) is 5.26 Å². The minimum atomic E-state index is -0.219. The predicted octanol–water partition coefficient (Wildman–Crippen LogP) is 3.89. The smallest absolute Gasteiger partial charge is 0.256 e. The van der Waals surface area contributed by atoms with Gasteiger partial charge in [-0.3, -0.25) is 4.79 Å². The van der Waals surface area contributed by atoms with Crippen LogP contribution in [-0.2, 0) is 0 Å². The Kier molecular flexibility index (Phi) is 4.61. The highest BCUT2D eigenvalue weighted by atomic mass is 79.9. The van der Waals surface area contributed by atoms with Crippen molar-refractivity contribution in [1.82, 2.24) is 0 Å². The maximum Gasteiger partial charge on any atom is 0.256 e. The van der Waals surface area contributed by atoms with Gasteiger partial charge in [-0.25, -0.2) is 0 Å². The average Bonchev–Trinajstić information content (AvgIpc) is 2.47. The summed E-state index contributed by atoms with van der Waals surface area (Å²) >= 11 is 3.37. The van der Waals surface area contributed by atoms with Gasteiger partial charge in [-0.1, -0.05) is 15.9 Å². The van der Waals surface area contributed by atoms with E-state index in [9.17, 15) is 4.79 Å². The number of anilines is 1. The highest BCUT2D eigenvalue weighted by molar-refractivity contribution is 9.10. The zero-order chi connectivity index (χ0) is 15.4. The predicted molar refractivity (Wildman–Crippen MR) is 84.5 cm³/mol. The molecule has 0 radical (unpaired) electrons. The van der Waals surface area contributed by atoms with Crippen molar-refractivity contribution in [1.29, 1.82) is 5.26 Å². The first-order valence-electron chi connectivity index (χ1n) is 6.21. The first-order valence-corrected chi connectivity index (χ1v) is 7.00. The van der Waals surface area contributed by atoms with E-state index < -0.39 is 0 Å². The number of methoxy groups -OCH3 is 1. The standard InChI is InChI=1S/C16H13BrN2O2/c1-10-7-12(17)4-5-13(10)16(20)19-14-6-3-11(9-18)8-15(14)21-2/h3-8H,1-2H3,(H,19,20). The third-order valence-electron chi connectivity index (χ3n) is 3.01. The summed E-state index contributed by atoms with van der Waals surface area (Å²) in [7, 11) is 1.50. The Morgan fingerprint density at radius 1 is 1.29 bits per heavy atom. The molecule has 0 fully saturated rings. The lowest BCUT2D eigenvalue weighted by atomic mass is 10.1. The van der Waals surface area contributed by atoms with Crippen molar-refractivity contribution >= 4 is 27.5 Å². The van der Waals surface area contributed by atoms with Crippen LogP contribution in [0.25, 0.3) is 0 Å². The SMILES string of the molecule is COc1cc(C#N)ccc1NC(=O)c1ccc(Br)cc1C. The maximum atomic E-state index is 12.3. The Morgan fingerprint density at radius 3 is 2.67 bits per heavy atom. The third-order valence-corrected chi connectivity index (χ3v) is 3.51. The summed E-state index contributed by atoms with van der Waals surface area (Å²) in [6.07, 6.45) is 0. The molecule has 5 heteroatoms. The van der Waals surface area contributed by atoms with Crippen molar-refractivity contribution in [2.45, 2.75) is 6.92 Å². The molecule has 2 aromatic rings. The van der Waals surface area contributed by atoms with Crippen molar-refractivity contribution in [3.05, 3.63) is 57.6 Å². The molecule has 2 aromatic carbocycles. The highest BCUT2D eigenvalue weighted by Gasteiger charge is 2.12. The molecular weight excluding hydrogens is 332 g/mol. The Hall–Kier alpha value is -2.32. The number of nitriles is 1. The molecule has 0 atom stereocenters. The molecule has 0 saturated heterocycles. The summed E-state index contributed by atoms with van der Waals surface area (Å²) in [5, 5.41) is 11.7. The largest absolute Gasteiger partial charge is 0.495 e. The molecule has 106 valence electrons. The zero-order valence-corrected chi connectivity index (χ0v) is 13.2. The van der Waals surface area contributed by atoms with Crippen LogP contribution in [0, 0.1) is 18.3 Å². The van der Waals surface area contributed by atoms with Gasteiger partial charge in [0.2, 0.25) is 0 Å². The number of rotatable bonds is 3. The molecule has 0 heterocycles. The third kappa shape index (κ3) is 3.41. The number of carbonyl (C=O) groups excluding carboxylic acids is 1. The molecule has 0 aromatic heterocycles. The molecule has 0 spiro atoms. The summed E-state index contributed by atoms with van der Waals surface area (Å²) in [6.45, 7) is 1.87. The second-order valence-electron chi connectivity index (χ2n) is 4.44. The average molecular weight is 345 g/mol. The van der Waals surface area contributed by atoms with Gasteiger partial charge < -0.3 is 10.1 Å².